The number of urea groups is 1. The van der Waals surface area contributed by atoms with Gasteiger partial charge in [-0.15, -0.1) is 0 Å². The van der Waals surface area contributed by atoms with E-state index in [2.05, 4.69) is 20.2 Å². The highest BCUT2D eigenvalue weighted by molar-refractivity contribution is 5.78. The fourth-order valence-corrected chi connectivity index (χ4v) is 4.46. The van der Waals surface area contributed by atoms with Crippen LogP contribution in [0.2, 0.25) is 0 Å². The van der Waals surface area contributed by atoms with Crippen molar-refractivity contribution in [2.24, 2.45) is 12.1 Å². The second-order valence-electron chi connectivity index (χ2n) is 8.52. The standard InChI is InChI=1S/C23H23F3N8O/c1-14-12-29-31(2)20(14)21-27-13-18(26)22(30-21)32-5-7-33(8-6-32)23(35)34-19(3-4-28-34)15-9-16(24)11-17(25)10-15/h4,9-13,19H,3,5-8H2,1-2H3/t19-/m0/s1. The Morgan fingerprint density at radius 1 is 1.03 bits per heavy atom. The Labute approximate surface area is 199 Å². The molecule has 1 atom stereocenters. The fraction of sp³-hybridized carbons (Fsp3) is 0.348. The molecule has 0 unspecified atom stereocenters. The third-order valence-electron chi connectivity index (χ3n) is 6.20. The van der Waals surface area contributed by atoms with Crippen LogP contribution in [0.1, 0.15) is 23.6 Å². The van der Waals surface area contributed by atoms with E-state index in [9.17, 15) is 18.0 Å². The van der Waals surface area contributed by atoms with Crippen molar-refractivity contribution >= 4 is 18.1 Å². The van der Waals surface area contributed by atoms with Crippen LogP contribution in [0.15, 0.2) is 35.7 Å². The van der Waals surface area contributed by atoms with Crippen LogP contribution in [0.4, 0.5) is 23.8 Å². The van der Waals surface area contributed by atoms with Crippen LogP contribution in [0.5, 0.6) is 0 Å². The van der Waals surface area contributed by atoms with Gasteiger partial charge >= 0.3 is 6.03 Å². The maximum atomic E-state index is 14.6. The monoisotopic (exact) mass is 484 g/mol. The molecule has 0 aliphatic carbocycles. The summed E-state index contributed by atoms with van der Waals surface area (Å²) < 4.78 is 43.7. The molecule has 0 saturated carbocycles. The molecule has 1 aromatic carbocycles. The number of piperazine rings is 1. The summed E-state index contributed by atoms with van der Waals surface area (Å²) in [6, 6.07) is 2.25. The van der Waals surface area contributed by atoms with Crippen molar-refractivity contribution in [3.63, 3.8) is 0 Å². The molecule has 3 aromatic rings. The third-order valence-corrected chi connectivity index (χ3v) is 6.20. The number of nitrogens with zero attached hydrogens (tertiary/aromatic N) is 8. The Morgan fingerprint density at radius 3 is 2.40 bits per heavy atom. The number of aryl methyl sites for hydroxylation is 2. The summed E-state index contributed by atoms with van der Waals surface area (Å²) in [5, 5.41) is 9.58. The fourth-order valence-electron chi connectivity index (χ4n) is 4.46. The Bertz CT molecular complexity index is 1260. The molecule has 0 bridgehead atoms. The molecule has 35 heavy (non-hydrogen) atoms. The van der Waals surface area contributed by atoms with Crippen molar-refractivity contribution in [3.8, 4) is 11.5 Å². The van der Waals surface area contributed by atoms with Gasteiger partial charge in [-0.25, -0.2) is 32.9 Å². The van der Waals surface area contributed by atoms with Crippen molar-refractivity contribution in [1.29, 1.82) is 0 Å². The van der Waals surface area contributed by atoms with Gasteiger partial charge in [-0.05, 0) is 30.2 Å². The highest BCUT2D eigenvalue weighted by Gasteiger charge is 2.34. The molecule has 0 radical (unpaired) electrons. The number of aromatic nitrogens is 4. The Balaban J connectivity index is 1.29. The summed E-state index contributed by atoms with van der Waals surface area (Å²) in [5.41, 5.74) is 1.92. The lowest BCUT2D eigenvalue weighted by Crippen LogP contribution is -2.52. The van der Waals surface area contributed by atoms with Crippen LogP contribution in [-0.4, -0.2) is 68.1 Å². The predicted molar refractivity (Wildman–Crippen MR) is 122 cm³/mol. The molecule has 0 spiro atoms. The molecule has 2 aliphatic heterocycles. The summed E-state index contributed by atoms with van der Waals surface area (Å²) >= 11 is 0. The van der Waals surface area contributed by atoms with E-state index in [0.717, 1.165) is 17.8 Å². The molecule has 9 nitrogen and oxygen atoms in total. The molecule has 2 aromatic heterocycles. The highest BCUT2D eigenvalue weighted by Crippen LogP contribution is 2.31. The summed E-state index contributed by atoms with van der Waals surface area (Å²) in [5.74, 6) is -1.43. The Morgan fingerprint density at radius 2 is 1.74 bits per heavy atom. The van der Waals surface area contributed by atoms with Gasteiger partial charge in [0.25, 0.3) is 0 Å². The molecule has 12 heteroatoms. The van der Waals surface area contributed by atoms with Gasteiger partial charge in [0, 0.05) is 51.9 Å². The molecular formula is C23H23F3N8O. The average molecular weight is 484 g/mol. The number of anilines is 1. The van der Waals surface area contributed by atoms with E-state index in [4.69, 9.17) is 0 Å². The number of hydrogen-bond donors (Lipinski definition) is 0. The minimum absolute atomic E-state index is 0.162. The number of amides is 2. The van der Waals surface area contributed by atoms with Crippen LogP contribution >= 0.6 is 0 Å². The third kappa shape index (κ3) is 4.31. The van der Waals surface area contributed by atoms with Gasteiger partial charge in [0.1, 0.15) is 17.3 Å². The smallest absolute Gasteiger partial charge is 0.341 e. The van der Waals surface area contributed by atoms with E-state index in [1.165, 1.54) is 17.1 Å². The first-order chi connectivity index (χ1) is 16.8. The molecule has 182 valence electrons. The summed E-state index contributed by atoms with van der Waals surface area (Å²) in [4.78, 5) is 25.1. The van der Waals surface area contributed by atoms with Gasteiger partial charge in [0.2, 0.25) is 0 Å². The van der Waals surface area contributed by atoms with Crippen LogP contribution < -0.4 is 4.90 Å². The van der Waals surface area contributed by atoms with Gasteiger partial charge in [-0.1, -0.05) is 0 Å². The zero-order chi connectivity index (χ0) is 24.7. The lowest BCUT2D eigenvalue weighted by molar-refractivity contribution is 0.139. The van der Waals surface area contributed by atoms with E-state index in [1.807, 2.05) is 6.92 Å². The minimum Gasteiger partial charge on any atom is -0.351 e. The Kier molecular flexibility index (Phi) is 5.87. The van der Waals surface area contributed by atoms with Crippen molar-refractivity contribution in [2.45, 2.75) is 19.4 Å². The van der Waals surface area contributed by atoms with Gasteiger partial charge < -0.3 is 9.80 Å². The van der Waals surface area contributed by atoms with Gasteiger partial charge in [-0.2, -0.15) is 10.2 Å². The van der Waals surface area contributed by atoms with Crippen LogP contribution in [-0.2, 0) is 7.05 Å². The minimum atomic E-state index is -0.708. The van der Waals surface area contributed by atoms with Crippen molar-refractivity contribution < 1.29 is 18.0 Å². The zero-order valence-electron chi connectivity index (χ0n) is 19.2. The van der Waals surface area contributed by atoms with E-state index in [-0.39, 0.29) is 11.8 Å². The maximum Gasteiger partial charge on any atom is 0.341 e. The zero-order valence-corrected chi connectivity index (χ0v) is 19.2. The van der Waals surface area contributed by atoms with Crippen LogP contribution in [0, 0.1) is 24.4 Å². The van der Waals surface area contributed by atoms with E-state index < -0.39 is 23.5 Å². The van der Waals surface area contributed by atoms with Crippen molar-refractivity contribution in [2.75, 3.05) is 31.1 Å². The second-order valence-corrected chi connectivity index (χ2v) is 8.52. The quantitative estimate of drug-likeness (QED) is 0.570. The second kappa shape index (κ2) is 9.01. The molecule has 2 amide bonds. The number of hydrogen-bond acceptors (Lipinski definition) is 6. The molecule has 4 heterocycles. The van der Waals surface area contributed by atoms with E-state index >= 15 is 0 Å². The number of carbonyl (C=O) groups excluding carboxylic acids is 1. The molecular weight excluding hydrogens is 461 g/mol. The molecule has 0 N–H and O–H groups in total. The first-order valence-corrected chi connectivity index (χ1v) is 11.1. The number of halogens is 3. The number of hydrazone groups is 1. The van der Waals surface area contributed by atoms with Crippen molar-refractivity contribution in [1.82, 2.24) is 29.7 Å². The van der Waals surface area contributed by atoms with Crippen LogP contribution in [0.25, 0.3) is 11.5 Å². The number of benzene rings is 1. The number of rotatable bonds is 3. The SMILES string of the molecule is Cc1cnn(C)c1-c1ncc(F)c(N2CCN(C(=O)N3N=CC[C@H]3c3cc(F)cc(F)c3)CC2)n1. The van der Waals surface area contributed by atoms with Gasteiger partial charge in [0.15, 0.2) is 17.5 Å². The molecule has 2 aliphatic rings. The number of carbonyl (C=O) groups is 1. The van der Waals surface area contributed by atoms with E-state index in [1.54, 1.807) is 33.9 Å². The lowest BCUT2D eigenvalue weighted by Gasteiger charge is -2.37. The first-order valence-electron chi connectivity index (χ1n) is 11.1. The molecule has 5 rings (SSSR count). The summed E-state index contributed by atoms with van der Waals surface area (Å²) in [6.07, 6.45) is 4.75. The topological polar surface area (TPSA) is 82.8 Å². The van der Waals surface area contributed by atoms with E-state index in [0.29, 0.717) is 49.7 Å². The average Bonchev–Trinajstić information content (AvgIpc) is 3.45. The molecule has 1 saturated heterocycles. The lowest BCUT2D eigenvalue weighted by atomic mass is 10.0. The van der Waals surface area contributed by atoms with Gasteiger partial charge in [-0.3, -0.25) is 4.68 Å². The summed E-state index contributed by atoms with van der Waals surface area (Å²) in [7, 11) is 1.77. The van der Waals surface area contributed by atoms with Gasteiger partial charge in [0.05, 0.1) is 18.4 Å². The van der Waals surface area contributed by atoms with Crippen LogP contribution in [0.3, 0.4) is 0 Å². The first kappa shape index (κ1) is 22.8. The summed E-state index contributed by atoms with van der Waals surface area (Å²) in [6.45, 7) is 3.18. The highest BCUT2D eigenvalue weighted by atomic mass is 19.1. The normalized spacial score (nSPS) is 18.0. The predicted octanol–water partition coefficient (Wildman–Crippen LogP) is 3.28. The van der Waals surface area contributed by atoms with Crippen molar-refractivity contribution in [3.05, 3.63) is 59.2 Å². The maximum absolute atomic E-state index is 14.6. The molecule has 1 fully saturated rings. The largest absolute Gasteiger partial charge is 0.351 e. The Hall–Kier alpha value is -3.96.